The Kier molecular flexibility index (Phi) is 4.41. The van der Waals surface area contributed by atoms with Crippen LogP contribution in [0.4, 0.5) is 30.8 Å². The number of hydrogen-bond donors (Lipinski definition) is 2. The van der Waals surface area contributed by atoms with Crippen molar-refractivity contribution in [1.82, 2.24) is 15.0 Å². The maximum Gasteiger partial charge on any atom is 0.322 e. The first-order chi connectivity index (χ1) is 10.0. The summed E-state index contributed by atoms with van der Waals surface area (Å²) in [6.45, 7) is 2.38. The SMILES string of the molecule is CCNc1nc(Nc2ccc(F)c(F)c2F)nc(OC)n1. The molecular formula is C12H12F3N5O. The van der Waals surface area contributed by atoms with Gasteiger partial charge in [-0.3, -0.25) is 0 Å². The second-order valence-corrected chi connectivity index (χ2v) is 3.85. The van der Waals surface area contributed by atoms with E-state index >= 15 is 0 Å². The highest BCUT2D eigenvalue weighted by atomic mass is 19.2. The molecule has 6 nitrogen and oxygen atoms in total. The lowest BCUT2D eigenvalue weighted by Gasteiger charge is -2.09. The van der Waals surface area contributed by atoms with Crippen molar-refractivity contribution in [2.75, 3.05) is 24.3 Å². The third-order valence-electron chi connectivity index (χ3n) is 2.41. The zero-order chi connectivity index (χ0) is 15.4. The number of halogens is 3. The average molecular weight is 299 g/mol. The molecule has 2 rings (SSSR count). The van der Waals surface area contributed by atoms with Gasteiger partial charge in [-0.05, 0) is 19.1 Å². The monoisotopic (exact) mass is 299 g/mol. The van der Waals surface area contributed by atoms with Gasteiger partial charge < -0.3 is 15.4 Å². The van der Waals surface area contributed by atoms with Gasteiger partial charge in [0.05, 0.1) is 12.8 Å². The molecule has 0 saturated carbocycles. The number of nitrogens with zero attached hydrogens (tertiary/aromatic N) is 3. The van der Waals surface area contributed by atoms with Crippen LogP contribution in [0.2, 0.25) is 0 Å². The molecular weight excluding hydrogens is 287 g/mol. The first-order valence-electron chi connectivity index (χ1n) is 5.99. The molecule has 1 heterocycles. The Balaban J connectivity index is 2.34. The molecule has 112 valence electrons. The predicted molar refractivity (Wildman–Crippen MR) is 70.1 cm³/mol. The number of nitrogens with one attached hydrogen (secondary N) is 2. The Hall–Kier alpha value is -2.58. The van der Waals surface area contributed by atoms with Crippen LogP contribution in [0.1, 0.15) is 6.92 Å². The number of methoxy groups -OCH3 is 1. The van der Waals surface area contributed by atoms with Gasteiger partial charge in [-0.25, -0.2) is 13.2 Å². The molecule has 0 aliphatic rings. The minimum Gasteiger partial charge on any atom is -0.467 e. The molecule has 0 radical (unpaired) electrons. The van der Waals surface area contributed by atoms with Crippen molar-refractivity contribution in [2.45, 2.75) is 6.92 Å². The van der Waals surface area contributed by atoms with Gasteiger partial charge in [0.25, 0.3) is 0 Å². The van der Waals surface area contributed by atoms with Crippen LogP contribution in [0.15, 0.2) is 12.1 Å². The molecule has 0 saturated heterocycles. The van der Waals surface area contributed by atoms with Gasteiger partial charge in [0.2, 0.25) is 11.9 Å². The minimum absolute atomic E-state index is 0.00792. The van der Waals surface area contributed by atoms with Crippen LogP contribution >= 0.6 is 0 Å². The van der Waals surface area contributed by atoms with Crippen LogP contribution in [-0.4, -0.2) is 28.6 Å². The quantitative estimate of drug-likeness (QED) is 0.826. The van der Waals surface area contributed by atoms with Gasteiger partial charge in [-0.2, -0.15) is 15.0 Å². The molecule has 0 bridgehead atoms. The van der Waals surface area contributed by atoms with Crippen molar-refractivity contribution in [3.8, 4) is 6.01 Å². The van der Waals surface area contributed by atoms with Gasteiger partial charge >= 0.3 is 6.01 Å². The standard InChI is InChI=1S/C12H12F3N5O/c1-3-16-10-18-11(20-12(19-10)21-2)17-7-5-4-6(13)8(14)9(7)15/h4-5H,3H2,1-2H3,(H2,16,17,18,19,20). The van der Waals surface area contributed by atoms with Crippen LogP contribution in [-0.2, 0) is 0 Å². The van der Waals surface area contributed by atoms with E-state index in [1.54, 1.807) is 0 Å². The third kappa shape index (κ3) is 3.30. The number of aromatic nitrogens is 3. The minimum atomic E-state index is -1.58. The first kappa shape index (κ1) is 14.8. The molecule has 0 aliphatic heterocycles. The summed E-state index contributed by atoms with van der Waals surface area (Å²) < 4.78 is 44.5. The van der Waals surface area contributed by atoms with E-state index < -0.39 is 17.5 Å². The topological polar surface area (TPSA) is 72.0 Å². The zero-order valence-corrected chi connectivity index (χ0v) is 11.2. The maximum absolute atomic E-state index is 13.6. The van der Waals surface area contributed by atoms with Crippen LogP contribution < -0.4 is 15.4 Å². The normalized spacial score (nSPS) is 10.3. The van der Waals surface area contributed by atoms with Crippen molar-refractivity contribution in [3.05, 3.63) is 29.6 Å². The molecule has 1 aromatic carbocycles. The Morgan fingerprint density at radius 1 is 1.05 bits per heavy atom. The summed E-state index contributed by atoms with van der Waals surface area (Å²) in [6, 6.07) is 1.83. The lowest BCUT2D eigenvalue weighted by molar-refractivity contribution is 0.379. The van der Waals surface area contributed by atoms with Gasteiger partial charge in [0, 0.05) is 6.54 Å². The molecule has 0 atom stereocenters. The van der Waals surface area contributed by atoms with Crippen molar-refractivity contribution in [3.63, 3.8) is 0 Å². The van der Waals surface area contributed by atoms with E-state index in [1.807, 2.05) is 6.92 Å². The fourth-order valence-electron chi connectivity index (χ4n) is 1.48. The highest BCUT2D eigenvalue weighted by molar-refractivity contribution is 5.55. The molecule has 0 spiro atoms. The fourth-order valence-corrected chi connectivity index (χ4v) is 1.48. The predicted octanol–water partition coefficient (Wildman–Crippen LogP) is 2.47. The van der Waals surface area contributed by atoms with Gasteiger partial charge in [-0.15, -0.1) is 0 Å². The number of rotatable bonds is 5. The van der Waals surface area contributed by atoms with Crippen molar-refractivity contribution >= 4 is 17.6 Å². The molecule has 0 fully saturated rings. The van der Waals surface area contributed by atoms with Gasteiger partial charge in [0.1, 0.15) is 0 Å². The summed E-state index contributed by atoms with van der Waals surface area (Å²) in [4.78, 5) is 11.7. The second-order valence-electron chi connectivity index (χ2n) is 3.85. The summed E-state index contributed by atoms with van der Waals surface area (Å²) in [5.74, 6) is -4.08. The van der Waals surface area contributed by atoms with Crippen LogP contribution in [0.25, 0.3) is 0 Å². The average Bonchev–Trinajstić information content (AvgIpc) is 2.48. The van der Waals surface area contributed by atoms with Gasteiger partial charge in [-0.1, -0.05) is 0 Å². The van der Waals surface area contributed by atoms with E-state index in [9.17, 15) is 13.2 Å². The Morgan fingerprint density at radius 3 is 2.43 bits per heavy atom. The first-order valence-corrected chi connectivity index (χ1v) is 5.99. The largest absolute Gasteiger partial charge is 0.467 e. The lowest BCUT2D eigenvalue weighted by Crippen LogP contribution is -2.08. The molecule has 21 heavy (non-hydrogen) atoms. The summed E-state index contributed by atoms with van der Waals surface area (Å²) in [5.41, 5.74) is -0.301. The van der Waals surface area contributed by atoms with E-state index in [-0.39, 0.29) is 23.6 Å². The van der Waals surface area contributed by atoms with E-state index in [4.69, 9.17) is 4.74 Å². The molecule has 0 unspecified atom stereocenters. The van der Waals surface area contributed by atoms with Crippen LogP contribution in [0.5, 0.6) is 6.01 Å². The smallest absolute Gasteiger partial charge is 0.322 e. The Bertz CT molecular complexity index is 653. The summed E-state index contributed by atoms with van der Waals surface area (Å²) in [5, 5.41) is 5.28. The van der Waals surface area contributed by atoms with Crippen molar-refractivity contribution < 1.29 is 17.9 Å². The molecule has 2 aromatic rings. The van der Waals surface area contributed by atoms with Crippen LogP contribution in [0, 0.1) is 17.5 Å². The molecule has 9 heteroatoms. The van der Waals surface area contributed by atoms with Crippen LogP contribution in [0.3, 0.4) is 0 Å². The molecule has 1 aromatic heterocycles. The van der Waals surface area contributed by atoms with E-state index in [0.717, 1.165) is 12.1 Å². The van der Waals surface area contributed by atoms with Gasteiger partial charge in [0.15, 0.2) is 17.5 Å². The summed E-state index contributed by atoms with van der Waals surface area (Å²) >= 11 is 0. The summed E-state index contributed by atoms with van der Waals surface area (Å²) in [6.07, 6.45) is 0. The maximum atomic E-state index is 13.6. The van der Waals surface area contributed by atoms with E-state index in [2.05, 4.69) is 25.6 Å². The Labute approximate surface area is 118 Å². The lowest BCUT2D eigenvalue weighted by atomic mass is 10.3. The molecule has 0 aliphatic carbocycles. The van der Waals surface area contributed by atoms with Crippen molar-refractivity contribution in [1.29, 1.82) is 0 Å². The van der Waals surface area contributed by atoms with E-state index in [1.165, 1.54) is 7.11 Å². The number of benzene rings is 1. The number of hydrogen-bond acceptors (Lipinski definition) is 6. The third-order valence-corrected chi connectivity index (χ3v) is 2.41. The summed E-state index contributed by atoms with van der Waals surface area (Å²) in [7, 11) is 1.35. The number of ether oxygens (including phenoxy) is 1. The number of anilines is 3. The zero-order valence-electron chi connectivity index (χ0n) is 11.2. The van der Waals surface area contributed by atoms with E-state index in [0.29, 0.717) is 6.54 Å². The highest BCUT2D eigenvalue weighted by Crippen LogP contribution is 2.23. The molecule has 0 amide bonds. The van der Waals surface area contributed by atoms with Crippen molar-refractivity contribution in [2.24, 2.45) is 0 Å². The molecule has 2 N–H and O–H groups in total. The fraction of sp³-hybridized carbons (Fsp3) is 0.250. The highest BCUT2D eigenvalue weighted by Gasteiger charge is 2.15. The Morgan fingerprint density at radius 2 is 1.76 bits per heavy atom. The second kappa shape index (κ2) is 6.25.